The Balaban J connectivity index is 2.06. The van der Waals surface area contributed by atoms with E-state index in [-0.39, 0.29) is 18.4 Å². The van der Waals surface area contributed by atoms with Crippen molar-refractivity contribution < 1.29 is 19.5 Å². The van der Waals surface area contributed by atoms with Crippen LogP contribution in [0.3, 0.4) is 0 Å². The quantitative estimate of drug-likeness (QED) is 0.834. The molecule has 1 saturated heterocycles. The lowest BCUT2D eigenvalue weighted by Crippen LogP contribution is -2.43. The molecule has 1 aromatic rings. The van der Waals surface area contributed by atoms with Crippen molar-refractivity contribution in [1.82, 2.24) is 10.2 Å². The minimum atomic E-state index is -0.977. The van der Waals surface area contributed by atoms with Gasteiger partial charge in [0.25, 0.3) is 0 Å². The highest BCUT2D eigenvalue weighted by atomic mass is 16.4. The Morgan fingerprint density at radius 3 is 2.58 bits per heavy atom. The summed E-state index contributed by atoms with van der Waals surface area (Å²) in [5, 5.41) is 12.1. The standard InChI is InChI=1S/C18H24N2O4/c1-13(18(23)24)17(14-8-4-2-5-9-14)19-15(21)12-20-11-7-3-6-10-16(20)22/h2,4-5,8-9,13,17H,3,6-7,10-12H2,1H3,(H,19,21)(H,23,24). The molecule has 6 nitrogen and oxygen atoms in total. The molecule has 0 spiro atoms. The van der Waals surface area contributed by atoms with E-state index in [1.165, 1.54) is 0 Å². The number of benzene rings is 1. The van der Waals surface area contributed by atoms with Crippen molar-refractivity contribution in [2.75, 3.05) is 13.1 Å². The number of carbonyl (C=O) groups excluding carboxylic acids is 2. The van der Waals surface area contributed by atoms with Gasteiger partial charge in [-0.2, -0.15) is 0 Å². The van der Waals surface area contributed by atoms with Gasteiger partial charge in [-0.25, -0.2) is 0 Å². The Bertz CT molecular complexity index is 588. The Morgan fingerprint density at radius 2 is 1.92 bits per heavy atom. The van der Waals surface area contributed by atoms with E-state index in [0.717, 1.165) is 24.8 Å². The fraction of sp³-hybridized carbons (Fsp3) is 0.500. The molecule has 2 unspecified atom stereocenters. The first-order chi connectivity index (χ1) is 11.5. The molecule has 0 aromatic heterocycles. The Hall–Kier alpha value is -2.37. The lowest BCUT2D eigenvalue weighted by atomic mass is 9.94. The number of carboxylic acid groups (broad SMARTS) is 1. The highest BCUT2D eigenvalue weighted by Crippen LogP contribution is 2.22. The Labute approximate surface area is 141 Å². The van der Waals surface area contributed by atoms with Crippen LogP contribution >= 0.6 is 0 Å². The molecule has 1 aliphatic heterocycles. The maximum absolute atomic E-state index is 12.4. The number of likely N-dealkylation sites (tertiary alicyclic amines) is 1. The zero-order valence-corrected chi connectivity index (χ0v) is 13.9. The highest BCUT2D eigenvalue weighted by molar-refractivity contribution is 5.85. The zero-order valence-electron chi connectivity index (χ0n) is 13.9. The molecule has 0 aliphatic carbocycles. The lowest BCUT2D eigenvalue weighted by Gasteiger charge is -2.25. The van der Waals surface area contributed by atoms with Crippen LogP contribution in [0.5, 0.6) is 0 Å². The van der Waals surface area contributed by atoms with Gasteiger partial charge in [0.15, 0.2) is 0 Å². The van der Waals surface area contributed by atoms with E-state index in [1.54, 1.807) is 36.1 Å². The van der Waals surface area contributed by atoms with Crippen LogP contribution in [0.1, 0.15) is 44.2 Å². The smallest absolute Gasteiger partial charge is 0.308 e. The van der Waals surface area contributed by atoms with Gasteiger partial charge in [-0.15, -0.1) is 0 Å². The molecule has 1 aromatic carbocycles. The molecule has 2 atom stereocenters. The second-order valence-corrected chi connectivity index (χ2v) is 6.21. The largest absolute Gasteiger partial charge is 0.481 e. The zero-order chi connectivity index (χ0) is 17.5. The summed E-state index contributed by atoms with van der Waals surface area (Å²) >= 11 is 0. The van der Waals surface area contributed by atoms with Gasteiger partial charge in [-0.1, -0.05) is 36.8 Å². The SMILES string of the molecule is CC(C(=O)O)C(NC(=O)CN1CCCCCC1=O)c1ccccc1. The first-order valence-corrected chi connectivity index (χ1v) is 8.34. The summed E-state index contributed by atoms with van der Waals surface area (Å²) in [6.45, 7) is 2.13. The summed E-state index contributed by atoms with van der Waals surface area (Å²) in [6, 6.07) is 8.41. The van der Waals surface area contributed by atoms with Crippen molar-refractivity contribution in [2.45, 2.75) is 38.6 Å². The predicted octanol–water partition coefficient (Wildman–Crippen LogP) is 1.97. The van der Waals surface area contributed by atoms with E-state index in [4.69, 9.17) is 0 Å². The molecule has 1 aliphatic rings. The fourth-order valence-corrected chi connectivity index (χ4v) is 2.90. The van der Waals surface area contributed by atoms with Gasteiger partial charge in [0.2, 0.25) is 11.8 Å². The Kier molecular flexibility index (Phi) is 6.35. The molecule has 1 fully saturated rings. The number of carbonyl (C=O) groups is 3. The third kappa shape index (κ3) is 4.81. The van der Waals surface area contributed by atoms with Crippen molar-refractivity contribution in [1.29, 1.82) is 0 Å². The number of rotatable bonds is 6. The molecule has 1 heterocycles. The van der Waals surface area contributed by atoms with E-state index in [2.05, 4.69) is 5.32 Å². The lowest BCUT2D eigenvalue weighted by molar-refractivity contribution is -0.143. The van der Waals surface area contributed by atoms with Gasteiger partial charge in [0.05, 0.1) is 18.5 Å². The number of amides is 2. The van der Waals surface area contributed by atoms with Gasteiger partial charge < -0.3 is 15.3 Å². The van der Waals surface area contributed by atoms with Crippen LogP contribution in [0.2, 0.25) is 0 Å². The molecule has 0 saturated carbocycles. The van der Waals surface area contributed by atoms with Crippen molar-refractivity contribution in [2.24, 2.45) is 5.92 Å². The maximum Gasteiger partial charge on any atom is 0.308 e. The monoisotopic (exact) mass is 332 g/mol. The Morgan fingerprint density at radius 1 is 1.21 bits per heavy atom. The second-order valence-electron chi connectivity index (χ2n) is 6.21. The summed E-state index contributed by atoms with van der Waals surface area (Å²) in [7, 11) is 0. The van der Waals surface area contributed by atoms with Crippen LogP contribution in [-0.4, -0.2) is 40.9 Å². The first-order valence-electron chi connectivity index (χ1n) is 8.34. The predicted molar refractivity (Wildman–Crippen MR) is 89.2 cm³/mol. The highest BCUT2D eigenvalue weighted by Gasteiger charge is 2.28. The molecule has 6 heteroatoms. The number of nitrogens with one attached hydrogen (secondary N) is 1. The number of carboxylic acids is 1. The van der Waals surface area contributed by atoms with E-state index in [0.29, 0.717) is 13.0 Å². The molecular weight excluding hydrogens is 308 g/mol. The molecule has 0 bridgehead atoms. The number of aliphatic carboxylic acids is 1. The van der Waals surface area contributed by atoms with E-state index in [1.807, 2.05) is 6.07 Å². The molecule has 0 radical (unpaired) electrons. The van der Waals surface area contributed by atoms with E-state index < -0.39 is 17.9 Å². The number of hydrogen-bond acceptors (Lipinski definition) is 3. The third-order valence-corrected chi connectivity index (χ3v) is 4.37. The van der Waals surface area contributed by atoms with Gasteiger partial charge >= 0.3 is 5.97 Å². The number of nitrogens with zero attached hydrogens (tertiary/aromatic N) is 1. The summed E-state index contributed by atoms with van der Waals surface area (Å²) < 4.78 is 0. The van der Waals surface area contributed by atoms with Crippen LogP contribution in [0.15, 0.2) is 30.3 Å². The average molecular weight is 332 g/mol. The second kappa shape index (κ2) is 8.47. The topological polar surface area (TPSA) is 86.7 Å². The fourth-order valence-electron chi connectivity index (χ4n) is 2.90. The molecule has 24 heavy (non-hydrogen) atoms. The van der Waals surface area contributed by atoms with Crippen LogP contribution < -0.4 is 5.32 Å². The van der Waals surface area contributed by atoms with Crippen LogP contribution in [0, 0.1) is 5.92 Å². The molecule has 2 amide bonds. The van der Waals surface area contributed by atoms with Gasteiger partial charge in [0.1, 0.15) is 0 Å². The summed E-state index contributed by atoms with van der Waals surface area (Å²) in [5.74, 6) is -2.08. The molecular formula is C18H24N2O4. The van der Waals surface area contributed by atoms with E-state index in [9.17, 15) is 19.5 Å². The normalized spacial score (nSPS) is 17.7. The minimum absolute atomic E-state index is 0.00908. The summed E-state index contributed by atoms with van der Waals surface area (Å²) in [6.07, 6.45) is 3.22. The van der Waals surface area contributed by atoms with Gasteiger partial charge in [-0.05, 0) is 25.3 Å². The van der Waals surface area contributed by atoms with Crippen LogP contribution in [0.25, 0.3) is 0 Å². The van der Waals surface area contributed by atoms with Crippen molar-refractivity contribution in [3.8, 4) is 0 Å². The van der Waals surface area contributed by atoms with E-state index >= 15 is 0 Å². The van der Waals surface area contributed by atoms with Gasteiger partial charge in [0, 0.05) is 13.0 Å². The van der Waals surface area contributed by atoms with Crippen molar-refractivity contribution in [3.63, 3.8) is 0 Å². The maximum atomic E-state index is 12.4. The van der Waals surface area contributed by atoms with Crippen molar-refractivity contribution >= 4 is 17.8 Å². The first kappa shape index (κ1) is 18.0. The van der Waals surface area contributed by atoms with Crippen molar-refractivity contribution in [3.05, 3.63) is 35.9 Å². The van der Waals surface area contributed by atoms with Gasteiger partial charge in [-0.3, -0.25) is 14.4 Å². The number of hydrogen-bond donors (Lipinski definition) is 2. The average Bonchev–Trinajstić information content (AvgIpc) is 2.77. The summed E-state index contributed by atoms with van der Waals surface area (Å²) in [5.41, 5.74) is 0.739. The van der Waals surface area contributed by atoms with Crippen LogP contribution in [-0.2, 0) is 14.4 Å². The molecule has 2 rings (SSSR count). The molecule has 130 valence electrons. The summed E-state index contributed by atoms with van der Waals surface area (Å²) in [4.78, 5) is 37.3. The van der Waals surface area contributed by atoms with Crippen LogP contribution in [0.4, 0.5) is 0 Å². The third-order valence-electron chi connectivity index (χ3n) is 4.37. The minimum Gasteiger partial charge on any atom is -0.481 e. The molecule has 2 N–H and O–H groups in total.